The highest BCUT2D eigenvalue weighted by molar-refractivity contribution is 9.10. The number of hydrogen-bond donors (Lipinski definition) is 0. The summed E-state index contributed by atoms with van der Waals surface area (Å²) in [6.45, 7) is 1.20. The van der Waals surface area contributed by atoms with E-state index in [1.807, 2.05) is 0 Å². The molecule has 0 N–H and O–H groups in total. The van der Waals surface area contributed by atoms with Crippen molar-refractivity contribution in [1.29, 1.82) is 0 Å². The van der Waals surface area contributed by atoms with Crippen molar-refractivity contribution in [2.45, 2.75) is 6.18 Å². The topological polar surface area (TPSA) is 54.3 Å². The first kappa shape index (κ1) is 17.7. The number of hydrogen-bond acceptors (Lipinski definition) is 4. The van der Waals surface area contributed by atoms with E-state index in [0.29, 0.717) is 18.8 Å². The van der Waals surface area contributed by atoms with Gasteiger partial charge in [-0.15, -0.1) is 0 Å². The lowest BCUT2D eigenvalue weighted by Crippen LogP contribution is -2.49. The van der Waals surface area contributed by atoms with Gasteiger partial charge < -0.3 is 14.4 Å². The van der Waals surface area contributed by atoms with Crippen LogP contribution in [-0.2, 0) is 13.2 Å². The fraction of sp³-hybridized carbons (Fsp3) is 0.400. The predicted molar refractivity (Wildman–Crippen MR) is 88.3 cm³/mol. The van der Waals surface area contributed by atoms with Gasteiger partial charge in [0.2, 0.25) is 0 Å². The number of anilines is 1. The van der Waals surface area contributed by atoms with Gasteiger partial charge in [-0.2, -0.15) is 13.2 Å². The number of halogens is 4. The van der Waals surface area contributed by atoms with Crippen LogP contribution in [0.1, 0.15) is 16.1 Å². The Hall–Kier alpha value is -2.10. The summed E-state index contributed by atoms with van der Waals surface area (Å²) in [6.07, 6.45) is -0.136. The lowest BCUT2D eigenvalue weighted by Gasteiger charge is -2.36. The molecule has 134 valence electrons. The molecule has 1 amide bonds. The second kappa shape index (κ2) is 6.66. The zero-order chi connectivity index (χ0) is 18.2. The van der Waals surface area contributed by atoms with Gasteiger partial charge in [-0.1, -0.05) is 0 Å². The van der Waals surface area contributed by atoms with E-state index < -0.39 is 11.7 Å². The molecule has 0 aromatic carbocycles. The van der Waals surface area contributed by atoms with Crippen molar-refractivity contribution >= 4 is 27.7 Å². The molecule has 1 aliphatic rings. The molecule has 2 aromatic rings. The summed E-state index contributed by atoms with van der Waals surface area (Å²) >= 11 is 3.03. The average molecular weight is 418 g/mol. The van der Waals surface area contributed by atoms with Crippen molar-refractivity contribution in [2.24, 2.45) is 7.05 Å². The van der Waals surface area contributed by atoms with Crippen LogP contribution in [0.2, 0.25) is 0 Å². The quantitative estimate of drug-likeness (QED) is 0.753. The van der Waals surface area contributed by atoms with Crippen molar-refractivity contribution in [3.05, 3.63) is 40.5 Å². The van der Waals surface area contributed by atoms with E-state index >= 15 is 0 Å². The monoisotopic (exact) mass is 417 g/mol. The molecular weight excluding hydrogens is 403 g/mol. The predicted octanol–water partition coefficient (Wildman–Crippen LogP) is 2.56. The molecule has 6 nitrogen and oxygen atoms in total. The molecule has 1 fully saturated rings. The van der Waals surface area contributed by atoms with E-state index in [-0.39, 0.29) is 29.3 Å². The first-order chi connectivity index (χ1) is 11.8. The lowest BCUT2D eigenvalue weighted by atomic mass is 10.2. The number of carbonyl (C=O) groups excluding carboxylic acids is 1. The number of nitrogens with zero attached hydrogens (tertiary/aromatic N) is 5. The van der Waals surface area contributed by atoms with Crippen molar-refractivity contribution in [3.63, 3.8) is 0 Å². The molecular formula is C15H15BrF3N5O. The number of aryl methyl sites for hydroxylation is 1. The molecule has 3 rings (SSSR count). The summed E-state index contributed by atoms with van der Waals surface area (Å²) in [5.74, 6) is -0.289. The van der Waals surface area contributed by atoms with Crippen LogP contribution < -0.4 is 4.90 Å². The number of amides is 1. The van der Waals surface area contributed by atoms with Gasteiger partial charge in [-0.05, 0) is 22.0 Å². The molecule has 2 aromatic heterocycles. The summed E-state index contributed by atoms with van der Waals surface area (Å²) in [6, 6.07) is 1.02. The largest absolute Gasteiger partial charge is 0.419 e. The molecule has 3 heterocycles. The Morgan fingerprint density at radius 1 is 1.20 bits per heavy atom. The van der Waals surface area contributed by atoms with E-state index in [4.69, 9.17) is 0 Å². The van der Waals surface area contributed by atoms with Crippen LogP contribution in [0.4, 0.5) is 19.0 Å². The average Bonchev–Trinajstić information content (AvgIpc) is 2.99. The van der Waals surface area contributed by atoms with Crippen molar-refractivity contribution in [1.82, 2.24) is 19.4 Å². The van der Waals surface area contributed by atoms with Crippen LogP contribution in [0, 0.1) is 0 Å². The van der Waals surface area contributed by atoms with Crippen molar-refractivity contribution in [2.75, 3.05) is 31.1 Å². The lowest BCUT2D eigenvalue weighted by molar-refractivity contribution is -0.137. The van der Waals surface area contributed by atoms with Crippen LogP contribution in [0.25, 0.3) is 0 Å². The van der Waals surface area contributed by atoms with Crippen molar-refractivity contribution in [3.8, 4) is 0 Å². The van der Waals surface area contributed by atoms with Crippen LogP contribution in [-0.4, -0.2) is 51.5 Å². The minimum absolute atomic E-state index is 0.108. The zero-order valence-corrected chi connectivity index (χ0v) is 14.9. The van der Waals surface area contributed by atoms with Crippen LogP contribution in [0.3, 0.4) is 0 Å². The normalized spacial score (nSPS) is 15.6. The second-order valence-electron chi connectivity index (χ2n) is 5.69. The molecule has 0 aliphatic carbocycles. The number of pyridine rings is 1. The summed E-state index contributed by atoms with van der Waals surface area (Å²) in [4.78, 5) is 23.5. The molecule has 0 radical (unpaired) electrons. The maximum atomic E-state index is 13.3. The minimum atomic E-state index is -4.49. The van der Waals surface area contributed by atoms with Gasteiger partial charge in [0.05, 0.1) is 18.1 Å². The van der Waals surface area contributed by atoms with E-state index in [1.165, 1.54) is 18.7 Å². The third-order valence-corrected chi connectivity index (χ3v) is 4.47. The highest BCUT2D eigenvalue weighted by atomic mass is 79.9. The van der Waals surface area contributed by atoms with Gasteiger partial charge in [0, 0.05) is 43.9 Å². The van der Waals surface area contributed by atoms with E-state index in [1.54, 1.807) is 21.4 Å². The summed E-state index contributed by atoms with van der Waals surface area (Å²) < 4.78 is 41.7. The molecule has 0 spiro atoms. The first-order valence-corrected chi connectivity index (χ1v) is 8.30. The summed E-state index contributed by atoms with van der Waals surface area (Å²) in [5, 5.41) is 0. The fourth-order valence-electron chi connectivity index (χ4n) is 2.74. The van der Waals surface area contributed by atoms with Gasteiger partial charge in [0.1, 0.15) is 11.5 Å². The number of imidazole rings is 1. The second-order valence-corrected chi connectivity index (χ2v) is 6.61. The molecule has 10 heteroatoms. The van der Waals surface area contributed by atoms with E-state index in [0.717, 1.165) is 6.07 Å². The van der Waals surface area contributed by atoms with Crippen molar-refractivity contribution < 1.29 is 18.0 Å². The maximum Gasteiger partial charge on any atom is 0.419 e. The Labute approximate surface area is 150 Å². The van der Waals surface area contributed by atoms with E-state index in [9.17, 15) is 18.0 Å². The zero-order valence-electron chi connectivity index (χ0n) is 13.3. The Kier molecular flexibility index (Phi) is 4.72. The molecule has 1 saturated heterocycles. The Morgan fingerprint density at radius 2 is 1.88 bits per heavy atom. The Morgan fingerprint density at radius 3 is 2.44 bits per heavy atom. The number of aromatic nitrogens is 3. The van der Waals surface area contributed by atoms with Gasteiger partial charge >= 0.3 is 6.18 Å². The number of alkyl halides is 3. The Bertz CT molecular complexity index is 784. The molecule has 0 saturated carbocycles. The molecule has 0 atom stereocenters. The smallest absolute Gasteiger partial charge is 0.353 e. The number of piperazine rings is 1. The van der Waals surface area contributed by atoms with E-state index in [2.05, 4.69) is 25.9 Å². The highest BCUT2D eigenvalue weighted by Gasteiger charge is 2.37. The third-order valence-electron chi connectivity index (χ3n) is 4.04. The van der Waals surface area contributed by atoms with Crippen LogP contribution in [0.15, 0.2) is 29.3 Å². The molecule has 1 aliphatic heterocycles. The first-order valence-electron chi connectivity index (χ1n) is 7.50. The summed E-state index contributed by atoms with van der Waals surface area (Å²) in [7, 11) is 1.72. The highest BCUT2D eigenvalue weighted by Crippen LogP contribution is 2.37. The standard InChI is InChI=1S/C15H15BrF3N5O/c1-22-9-20-8-12(22)14(25)24-4-2-23(3-5-24)13-11(15(17,18)19)6-10(16)7-21-13/h6-9H,2-5H2,1H3. The van der Waals surface area contributed by atoms with Gasteiger partial charge in [0.25, 0.3) is 5.91 Å². The number of rotatable bonds is 2. The summed E-state index contributed by atoms with van der Waals surface area (Å²) in [5.41, 5.74) is -0.334. The SMILES string of the molecule is Cn1cncc1C(=O)N1CCN(c2ncc(Br)cc2C(F)(F)F)CC1. The minimum Gasteiger partial charge on any atom is -0.353 e. The van der Waals surface area contributed by atoms with Gasteiger partial charge in [0.15, 0.2) is 0 Å². The fourth-order valence-corrected chi connectivity index (χ4v) is 3.07. The third kappa shape index (κ3) is 3.63. The van der Waals surface area contributed by atoms with Crippen LogP contribution in [0.5, 0.6) is 0 Å². The van der Waals surface area contributed by atoms with Gasteiger partial charge in [-0.3, -0.25) is 4.79 Å². The molecule has 0 bridgehead atoms. The molecule has 0 unspecified atom stereocenters. The Balaban J connectivity index is 1.75. The maximum absolute atomic E-state index is 13.3. The van der Waals surface area contributed by atoms with Crippen LogP contribution >= 0.6 is 15.9 Å². The number of carbonyl (C=O) groups is 1. The van der Waals surface area contributed by atoms with Gasteiger partial charge in [-0.25, -0.2) is 9.97 Å². The molecule has 25 heavy (non-hydrogen) atoms.